The van der Waals surface area contributed by atoms with Crippen LogP contribution in [0.15, 0.2) is 5.70 Å². The van der Waals surface area contributed by atoms with Crippen LogP contribution in [0.3, 0.4) is 0 Å². The third kappa shape index (κ3) is 3.08. The van der Waals surface area contributed by atoms with Gasteiger partial charge < -0.3 is 5.11 Å². The maximum Gasteiger partial charge on any atom is 0.308 e. The Morgan fingerprint density at radius 3 is 2.60 bits per heavy atom. The maximum atomic E-state index is 10.7. The minimum atomic E-state index is -0.914. The van der Waals surface area contributed by atoms with Crippen LogP contribution in [0.1, 0.15) is 27.2 Å². The Hall–Kier alpha value is -1.32. The van der Waals surface area contributed by atoms with Gasteiger partial charge in [-0.05, 0) is 20.8 Å². The summed E-state index contributed by atoms with van der Waals surface area (Å²) in [5.41, 5.74) is -0.174. The number of rotatable bonds is 2. The zero-order chi connectivity index (χ0) is 11.6. The summed E-state index contributed by atoms with van der Waals surface area (Å²) in [7, 11) is 0. The average molecular weight is 213 g/mol. The smallest absolute Gasteiger partial charge is 0.308 e. The van der Waals surface area contributed by atoms with Gasteiger partial charge in [0, 0.05) is 6.42 Å². The molecule has 1 aliphatic heterocycles. The summed E-state index contributed by atoms with van der Waals surface area (Å²) in [6.07, 6.45) is 0.189. The number of carboxylic acid groups (broad SMARTS) is 1. The lowest BCUT2D eigenvalue weighted by Crippen LogP contribution is -2.32. The molecule has 1 atom stereocenters. The summed E-state index contributed by atoms with van der Waals surface area (Å²) in [5.74, 6) is 0.232. The van der Waals surface area contributed by atoms with Crippen LogP contribution in [0.2, 0.25) is 0 Å². The highest BCUT2D eigenvalue weighted by Gasteiger charge is 2.35. The molecule has 0 unspecified atom stereocenters. The monoisotopic (exact) mass is 213 g/mol. The molecule has 0 aromatic carbocycles. The zero-order valence-corrected chi connectivity index (χ0v) is 9.11. The molecule has 0 bridgehead atoms. The van der Waals surface area contributed by atoms with Gasteiger partial charge in [-0.15, -0.1) is 0 Å². The Morgan fingerprint density at radius 2 is 2.20 bits per heavy atom. The van der Waals surface area contributed by atoms with Gasteiger partial charge in [0.15, 0.2) is 0 Å². The summed E-state index contributed by atoms with van der Waals surface area (Å²) >= 11 is 0. The first-order valence-electron chi connectivity index (χ1n) is 4.77. The van der Waals surface area contributed by atoms with E-state index in [-0.39, 0.29) is 18.7 Å². The van der Waals surface area contributed by atoms with Gasteiger partial charge in [-0.25, -0.2) is 9.86 Å². The van der Waals surface area contributed by atoms with E-state index in [0.29, 0.717) is 0 Å². The van der Waals surface area contributed by atoms with E-state index in [1.54, 1.807) is 5.94 Å². The standard InChI is InChI=1S/C10H15NO4/c1-10(2,3)15-11-5-7(9(13)14)4-8(11)6-12/h7H,4-5H2,1-3H3,(H,13,14)/t7-/m1/s1. The highest BCUT2D eigenvalue weighted by molar-refractivity contribution is 5.72. The molecule has 1 heterocycles. The Balaban J connectivity index is 2.74. The normalized spacial score (nSPS) is 21.7. The van der Waals surface area contributed by atoms with Crippen LogP contribution in [-0.4, -0.2) is 34.2 Å². The molecule has 0 radical (unpaired) electrons. The van der Waals surface area contributed by atoms with Gasteiger partial charge in [0.25, 0.3) is 0 Å². The second kappa shape index (κ2) is 4.04. The van der Waals surface area contributed by atoms with E-state index < -0.39 is 17.5 Å². The van der Waals surface area contributed by atoms with E-state index in [2.05, 4.69) is 0 Å². The second-order valence-electron chi connectivity index (χ2n) is 4.55. The predicted octanol–water partition coefficient (Wildman–Crippen LogP) is 0.839. The minimum absolute atomic E-state index is 0.189. The van der Waals surface area contributed by atoms with Crippen molar-refractivity contribution in [3.05, 3.63) is 5.70 Å². The van der Waals surface area contributed by atoms with Gasteiger partial charge >= 0.3 is 5.97 Å². The van der Waals surface area contributed by atoms with Crippen molar-refractivity contribution in [3.63, 3.8) is 0 Å². The van der Waals surface area contributed by atoms with Crippen molar-refractivity contribution in [2.75, 3.05) is 6.54 Å². The molecule has 0 aromatic heterocycles. The lowest BCUT2D eigenvalue weighted by atomic mass is 10.1. The quantitative estimate of drug-likeness (QED) is 0.688. The molecule has 1 rings (SSSR count). The number of carbonyl (C=O) groups is 1. The van der Waals surface area contributed by atoms with Crippen molar-refractivity contribution in [1.82, 2.24) is 5.06 Å². The molecule has 0 spiro atoms. The number of hydrogen-bond donors (Lipinski definition) is 1. The number of aliphatic carboxylic acids is 1. The molecule has 15 heavy (non-hydrogen) atoms. The Bertz CT molecular complexity index is 312. The molecule has 1 fully saturated rings. The van der Waals surface area contributed by atoms with E-state index in [1.807, 2.05) is 20.8 Å². The predicted molar refractivity (Wildman–Crippen MR) is 52.5 cm³/mol. The fraction of sp³-hybridized carbons (Fsp3) is 0.700. The minimum Gasteiger partial charge on any atom is -0.481 e. The molecule has 84 valence electrons. The lowest BCUT2D eigenvalue weighted by molar-refractivity contribution is -0.201. The Morgan fingerprint density at radius 1 is 1.60 bits per heavy atom. The molecular formula is C10H15NO4. The van der Waals surface area contributed by atoms with E-state index in [9.17, 15) is 9.59 Å². The van der Waals surface area contributed by atoms with Gasteiger partial charge in [-0.1, -0.05) is 0 Å². The van der Waals surface area contributed by atoms with Gasteiger partial charge in [0.05, 0.1) is 18.1 Å². The van der Waals surface area contributed by atoms with Crippen LogP contribution in [0.25, 0.3) is 0 Å². The van der Waals surface area contributed by atoms with Gasteiger partial charge in [0.2, 0.25) is 0 Å². The van der Waals surface area contributed by atoms with Gasteiger partial charge in [-0.2, -0.15) is 0 Å². The second-order valence-corrected chi connectivity index (χ2v) is 4.55. The van der Waals surface area contributed by atoms with E-state index in [4.69, 9.17) is 9.94 Å². The summed E-state index contributed by atoms with van der Waals surface area (Å²) in [6.45, 7) is 5.72. The molecule has 5 heteroatoms. The van der Waals surface area contributed by atoms with E-state index in [0.717, 1.165) is 0 Å². The third-order valence-electron chi connectivity index (χ3n) is 1.98. The average Bonchev–Trinajstić information content (AvgIpc) is 2.44. The number of nitrogens with zero attached hydrogens (tertiary/aromatic N) is 1. The maximum absolute atomic E-state index is 10.7. The molecule has 0 aliphatic carbocycles. The van der Waals surface area contributed by atoms with Crippen LogP contribution < -0.4 is 0 Å². The fourth-order valence-electron chi connectivity index (χ4n) is 1.39. The van der Waals surface area contributed by atoms with Crippen molar-refractivity contribution in [2.45, 2.75) is 32.8 Å². The molecule has 0 saturated carbocycles. The lowest BCUT2D eigenvalue weighted by Gasteiger charge is -2.27. The number of carbonyl (C=O) groups excluding carboxylic acids is 1. The van der Waals surface area contributed by atoms with Gasteiger partial charge in [-0.3, -0.25) is 9.63 Å². The molecule has 0 aromatic rings. The summed E-state index contributed by atoms with van der Waals surface area (Å²) in [5, 5.41) is 10.2. The van der Waals surface area contributed by atoms with Crippen molar-refractivity contribution >= 4 is 11.9 Å². The molecule has 1 saturated heterocycles. The van der Waals surface area contributed by atoms with Crippen molar-refractivity contribution in [2.24, 2.45) is 5.92 Å². The third-order valence-corrected chi connectivity index (χ3v) is 1.98. The van der Waals surface area contributed by atoms with Crippen LogP contribution >= 0.6 is 0 Å². The largest absolute Gasteiger partial charge is 0.481 e. The summed E-state index contributed by atoms with van der Waals surface area (Å²) in [6, 6.07) is 0. The van der Waals surface area contributed by atoms with Crippen molar-refractivity contribution < 1.29 is 19.5 Å². The van der Waals surface area contributed by atoms with Crippen molar-refractivity contribution in [3.8, 4) is 0 Å². The first-order valence-corrected chi connectivity index (χ1v) is 4.77. The first-order chi connectivity index (χ1) is 6.83. The zero-order valence-electron chi connectivity index (χ0n) is 9.11. The van der Waals surface area contributed by atoms with Gasteiger partial charge in [0.1, 0.15) is 11.6 Å². The van der Waals surface area contributed by atoms with Crippen LogP contribution in [0.5, 0.6) is 0 Å². The first kappa shape index (κ1) is 11.8. The molecule has 0 amide bonds. The van der Waals surface area contributed by atoms with Crippen LogP contribution in [0, 0.1) is 5.92 Å². The highest BCUT2D eigenvalue weighted by Crippen LogP contribution is 2.27. The number of carboxylic acids is 1. The Kier molecular flexibility index (Phi) is 3.17. The number of hydrogen-bond acceptors (Lipinski definition) is 4. The summed E-state index contributed by atoms with van der Waals surface area (Å²) < 4.78 is 0. The van der Waals surface area contributed by atoms with Crippen molar-refractivity contribution in [1.29, 1.82) is 0 Å². The van der Waals surface area contributed by atoms with Crippen LogP contribution in [0.4, 0.5) is 0 Å². The fourth-order valence-corrected chi connectivity index (χ4v) is 1.39. The Labute approximate surface area is 88.3 Å². The van der Waals surface area contributed by atoms with E-state index >= 15 is 0 Å². The SMILES string of the molecule is CC(C)(C)ON1C[C@H](C(=O)O)CC1=C=O. The number of hydroxylamine groups is 2. The molecule has 1 aliphatic rings. The highest BCUT2D eigenvalue weighted by atomic mass is 16.7. The van der Waals surface area contributed by atoms with E-state index in [1.165, 1.54) is 5.06 Å². The topological polar surface area (TPSA) is 66.8 Å². The van der Waals surface area contributed by atoms with Crippen LogP contribution in [-0.2, 0) is 14.4 Å². The summed E-state index contributed by atoms with van der Waals surface area (Å²) in [4.78, 5) is 26.8. The number of allylic oxidation sites excluding steroid dienone is 1. The molecule has 1 N–H and O–H groups in total. The molecule has 5 nitrogen and oxygen atoms in total. The molecular weight excluding hydrogens is 198 g/mol.